The molecular formula is C4H13MgO3P. The molecule has 0 aromatic carbocycles. The topological polar surface area (TPSA) is 35.5 Å². The SMILES string of the molecule is CCO[PH](=O)OCC.[MgH2]. The van der Waals surface area contributed by atoms with Crippen molar-refractivity contribution in [2.45, 2.75) is 13.8 Å². The van der Waals surface area contributed by atoms with Crippen molar-refractivity contribution in [2.24, 2.45) is 0 Å². The monoisotopic (exact) mass is 164 g/mol. The van der Waals surface area contributed by atoms with E-state index in [9.17, 15) is 4.57 Å². The van der Waals surface area contributed by atoms with Crippen LogP contribution in [0.2, 0.25) is 0 Å². The van der Waals surface area contributed by atoms with E-state index in [2.05, 4.69) is 9.05 Å². The fraction of sp³-hybridized carbons (Fsp3) is 1.00. The van der Waals surface area contributed by atoms with Crippen LogP contribution in [-0.2, 0) is 13.6 Å². The molecule has 0 heterocycles. The van der Waals surface area contributed by atoms with Crippen molar-refractivity contribution in [3.63, 3.8) is 0 Å². The van der Waals surface area contributed by atoms with E-state index in [-0.39, 0.29) is 23.1 Å². The van der Waals surface area contributed by atoms with E-state index in [1.807, 2.05) is 0 Å². The largest absolute Gasteiger partial charge is 0.319 e. The molecule has 0 bridgehead atoms. The van der Waals surface area contributed by atoms with E-state index in [0.717, 1.165) is 0 Å². The molecule has 0 aromatic heterocycles. The van der Waals surface area contributed by atoms with Crippen LogP contribution in [0, 0.1) is 0 Å². The first kappa shape index (κ1) is 12.6. The van der Waals surface area contributed by atoms with Gasteiger partial charge in [0.1, 0.15) is 0 Å². The summed E-state index contributed by atoms with van der Waals surface area (Å²) in [6, 6.07) is 0. The molecule has 3 nitrogen and oxygen atoms in total. The fourth-order valence-electron chi connectivity index (χ4n) is 0.277. The second-order valence-electron chi connectivity index (χ2n) is 1.12. The van der Waals surface area contributed by atoms with E-state index in [1.165, 1.54) is 0 Å². The summed E-state index contributed by atoms with van der Waals surface area (Å²) >= 11 is 0. The Balaban J connectivity index is 0. The lowest BCUT2D eigenvalue weighted by molar-refractivity contribution is 0.243. The lowest BCUT2D eigenvalue weighted by Crippen LogP contribution is -1.81. The van der Waals surface area contributed by atoms with Gasteiger partial charge in [0.05, 0.1) is 13.2 Å². The summed E-state index contributed by atoms with van der Waals surface area (Å²) in [7, 11) is -2.14. The van der Waals surface area contributed by atoms with Crippen LogP contribution in [0.1, 0.15) is 13.8 Å². The number of hydrogen-bond acceptors (Lipinski definition) is 3. The van der Waals surface area contributed by atoms with Gasteiger partial charge in [-0.05, 0) is 13.8 Å². The minimum Gasteiger partial charge on any atom is -0.311 e. The minimum absolute atomic E-state index is 0. The summed E-state index contributed by atoms with van der Waals surface area (Å²) in [5.41, 5.74) is 0. The second-order valence-corrected chi connectivity index (χ2v) is 2.19. The molecule has 0 atom stereocenters. The summed E-state index contributed by atoms with van der Waals surface area (Å²) in [4.78, 5) is 0. The molecule has 0 radical (unpaired) electrons. The zero-order valence-electron chi connectivity index (χ0n) is 5.14. The third kappa shape index (κ3) is 8.92. The predicted octanol–water partition coefficient (Wildman–Crippen LogP) is 0.533. The highest BCUT2D eigenvalue weighted by molar-refractivity contribution is 7.33. The van der Waals surface area contributed by atoms with E-state index in [0.29, 0.717) is 13.2 Å². The fourth-order valence-corrected chi connectivity index (χ4v) is 0.832. The molecule has 0 rings (SSSR count). The van der Waals surface area contributed by atoms with Crippen molar-refractivity contribution < 1.29 is 13.6 Å². The molecule has 0 amide bonds. The lowest BCUT2D eigenvalue weighted by Gasteiger charge is -1.97. The standard InChI is InChI=1S/C4H11O3P.Mg.2H/c1-3-6-8(5)7-4-2;;;/h8H,3-4H2,1-2H3;;;. The van der Waals surface area contributed by atoms with Gasteiger partial charge in [0.15, 0.2) is 0 Å². The highest BCUT2D eigenvalue weighted by atomic mass is 31.1. The Morgan fingerprint density at radius 2 is 1.56 bits per heavy atom. The molecule has 54 valence electrons. The Labute approximate surface area is 72.2 Å². The van der Waals surface area contributed by atoms with Gasteiger partial charge in [-0.2, -0.15) is 0 Å². The first-order valence-corrected chi connectivity index (χ1v) is 3.83. The average molecular weight is 164 g/mol. The van der Waals surface area contributed by atoms with Crippen molar-refractivity contribution in [3.8, 4) is 0 Å². The molecule has 0 aliphatic carbocycles. The smallest absolute Gasteiger partial charge is 0.311 e. The Morgan fingerprint density at radius 1 is 1.22 bits per heavy atom. The highest BCUT2D eigenvalue weighted by Gasteiger charge is 1.91. The third-order valence-electron chi connectivity index (χ3n) is 0.524. The maximum atomic E-state index is 10.4. The first-order chi connectivity index (χ1) is 3.81. The molecule has 0 aliphatic rings. The van der Waals surface area contributed by atoms with E-state index >= 15 is 0 Å². The molecule has 9 heavy (non-hydrogen) atoms. The van der Waals surface area contributed by atoms with Gasteiger partial charge in [-0.3, -0.25) is 4.57 Å². The van der Waals surface area contributed by atoms with Crippen LogP contribution in [-0.4, -0.2) is 36.3 Å². The van der Waals surface area contributed by atoms with E-state index < -0.39 is 8.25 Å². The molecule has 0 saturated heterocycles. The van der Waals surface area contributed by atoms with Gasteiger partial charge in [0, 0.05) is 0 Å². The Kier molecular flexibility index (Phi) is 12.5. The quantitative estimate of drug-likeness (QED) is 0.449. The maximum absolute atomic E-state index is 10.4. The van der Waals surface area contributed by atoms with Gasteiger partial charge in [0.2, 0.25) is 0 Å². The van der Waals surface area contributed by atoms with Crippen LogP contribution in [0.5, 0.6) is 0 Å². The Hall–Kier alpha value is 0.916. The van der Waals surface area contributed by atoms with Crippen molar-refractivity contribution >= 4 is 31.3 Å². The summed E-state index contributed by atoms with van der Waals surface area (Å²) in [5, 5.41) is 0. The van der Waals surface area contributed by atoms with Gasteiger partial charge in [-0.1, -0.05) is 0 Å². The molecule has 5 heteroatoms. The molecule has 0 saturated carbocycles. The van der Waals surface area contributed by atoms with Crippen LogP contribution in [0.3, 0.4) is 0 Å². The molecule has 0 spiro atoms. The normalized spacial score (nSPS) is 9.22. The summed E-state index contributed by atoms with van der Waals surface area (Å²) in [6.45, 7) is 4.47. The van der Waals surface area contributed by atoms with Gasteiger partial charge in [-0.25, -0.2) is 0 Å². The molecule has 0 aromatic rings. The van der Waals surface area contributed by atoms with Gasteiger partial charge in [0.25, 0.3) is 0 Å². The second kappa shape index (κ2) is 8.92. The van der Waals surface area contributed by atoms with Crippen molar-refractivity contribution in [3.05, 3.63) is 0 Å². The predicted molar refractivity (Wildman–Crippen MR) is 40.8 cm³/mol. The molecule has 0 fully saturated rings. The zero-order valence-corrected chi connectivity index (χ0v) is 6.14. The number of rotatable bonds is 4. The summed E-state index contributed by atoms with van der Waals surface area (Å²) < 4.78 is 19.6. The minimum atomic E-state index is -2.14. The molecule has 0 aliphatic heterocycles. The maximum Gasteiger partial charge on any atom is 0.319 e. The first-order valence-electron chi connectivity index (χ1n) is 2.60. The zero-order chi connectivity index (χ0) is 6.41. The van der Waals surface area contributed by atoms with Crippen LogP contribution in [0.4, 0.5) is 0 Å². The highest BCUT2D eigenvalue weighted by Crippen LogP contribution is 2.21. The molecule has 0 N–H and O–H groups in total. The van der Waals surface area contributed by atoms with E-state index in [1.54, 1.807) is 13.8 Å². The Morgan fingerprint density at radius 3 is 1.78 bits per heavy atom. The van der Waals surface area contributed by atoms with Crippen LogP contribution >= 0.6 is 8.25 Å². The van der Waals surface area contributed by atoms with Crippen LogP contribution < -0.4 is 0 Å². The van der Waals surface area contributed by atoms with Gasteiger partial charge >= 0.3 is 31.3 Å². The van der Waals surface area contributed by atoms with Crippen LogP contribution in [0.15, 0.2) is 0 Å². The van der Waals surface area contributed by atoms with Crippen molar-refractivity contribution in [1.29, 1.82) is 0 Å². The van der Waals surface area contributed by atoms with Gasteiger partial charge < -0.3 is 9.05 Å². The summed E-state index contributed by atoms with van der Waals surface area (Å²) in [5.74, 6) is 0. The van der Waals surface area contributed by atoms with Gasteiger partial charge in [-0.15, -0.1) is 0 Å². The average Bonchev–Trinajstić information content (AvgIpc) is 1.68. The molecular weight excluding hydrogens is 151 g/mol. The Bertz CT molecular complexity index is 70.2. The molecule has 0 unspecified atom stereocenters. The van der Waals surface area contributed by atoms with Crippen LogP contribution in [0.25, 0.3) is 0 Å². The van der Waals surface area contributed by atoms with Crippen molar-refractivity contribution in [1.82, 2.24) is 0 Å². The van der Waals surface area contributed by atoms with E-state index in [4.69, 9.17) is 0 Å². The lowest BCUT2D eigenvalue weighted by atomic mass is 10.9. The number of hydrogen-bond donors (Lipinski definition) is 0. The third-order valence-corrected chi connectivity index (χ3v) is 1.57. The summed E-state index contributed by atoms with van der Waals surface area (Å²) in [6.07, 6.45) is 0. The van der Waals surface area contributed by atoms with Crippen molar-refractivity contribution in [2.75, 3.05) is 13.2 Å².